The van der Waals surface area contributed by atoms with E-state index in [1.165, 1.54) is 0 Å². The van der Waals surface area contributed by atoms with Crippen LogP contribution in [0.5, 0.6) is 0 Å². The average molecular weight is 208 g/mol. The molecule has 3 rings (SSSR count). The smallest absolute Gasteiger partial charge is 0.272 e. The lowest BCUT2D eigenvalue weighted by atomic mass is 10.0. The Morgan fingerprint density at radius 3 is 2.67 bits per heavy atom. The van der Waals surface area contributed by atoms with E-state index < -0.39 is 11.5 Å². The van der Waals surface area contributed by atoms with Crippen LogP contribution in [-0.4, -0.2) is 10.9 Å². The molecule has 0 saturated heterocycles. The van der Waals surface area contributed by atoms with Crippen LogP contribution in [0.4, 0.5) is 8.78 Å². The Bertz CT molecular complexity index is 532. The zero-order valence-electron chi connectivity index (χ0n) is 7.93. The second kappa shape index (κ2) is 2.39. The molecule has 2 nitrogen and oxygen atoms in total. The van der Waals surface area contributed by atoms with Crippen molar-refractivity contribution in [1.82, 2.24) is 4.98 Å². The molecule has 4 heteroatoms. The van der Waals surface area contributed by atoms with E-state index in [1.807, 2.05) is 6.07 Å². The van der Waals surface area contributed by atoms with Crippen molar-refractivity contribution in [2.24, 2.45) is 5.73 Å². The molecule has 1 atom stereocenters. The van der Waals surface area contributed by atoms with Gasteiger partial charge in [0.15, 0.2) is 0 Å². The third-order valence-corrected chi connectivity index (χ3v) is 3.10. The lowest BCUT2D eigenvalue weighted by molar-refractivity contribution is 0.0891. The summed E-state index contributed by atoms with van der Waals surface area (Å²) in [6.45, 7) is 0. The topological polar surface area (TPSA) is 41.8 Å². The van der Waals surface area contributed by atoms with Crippen molar-refractivity contribution in [2.45, 2.75) is 17.9 Å². The van der Waals surface area contributed by atoms with Gasteiger partial charge >= 0.3 is 0 Å². The summed E-state index contributed by atoms with van der Waals surface area (Å²) < 4.78 is 26.1. The first kappa shape index (κ1) is 8.85. The lowest BCUT2D eigenvalue weighted by Crippen LogP contribution is -2.26. The fourth-order valence-corrected chi connectivity index (χ4v) is 1.95. The van der Waals surface area contributed by atoms with Crippen LogP contribution in [0, 0.1) is 0 Å². The normalized spacial score (nSPS) is 28.2. The zero-order chi connectivity index (χ0) is 10.7. The highest BCUT2D eigenvalue weighted by atomic mass is 19.3. The highest BCUT2D eigenvalue weighted by molar-refractivity contribution is 5.80. The maximum atomic E-state index is 13.1. The van der Waals surface area contributed by atoms with E-state index >= 15 is 0 Å². The summed E-state index contributed by atoms with van der Waals surface area (Å²) >= 11 is 0. The monoisotopic (exact) mass is 208 g/mol. The molecule has 1 aromatic heterocycles. The van der Waals surface area contributed by atoms with Crippen molar-refractivity contribution >= 4 is 10.9 Å². The van der Waals surface area contributed by atoms with Crippen LogP contribution >= 0.6 is 0 Å². The van der Waals surface area contributed by atoms with Gasteiger partial charge in [-0.1, -0.05) is 6.07 Å². The predicted octanol–water partition coefficient (Wildman–Crippen LogP) is 2.36. The molecule has 2 aromatic rings. The Balaban J connectivity index is 2.13. The van der Waals surface area contributed by atoms with Gasteiger partial charge in [0.2, 0.25) is 0 Å². The second-order valence-corrected chi connectivity index (χ2v) is 4.13. The summed E-state index contributed by atoms with van der Waals surface area (Å²) in [6.07, 6.45) is 1.53. The Kier molecular flexibility index (Phi) is 1.41. The molecule has 0 bridgehead atoms. The third-order valence-electron chi connectivity index (χ3n) is 3.10. The predicted molar refractivity (Wildman–Crippen MR) is 53.7 cm³/mol. The highest BCUT2D eigenvalue weighted by Crippen LogP contribution is 2.57. The van der Waals surface area contributed by atoms with Crippen molar-refractivity contribution < 1.29 is 8.78 Å². The summed E-state index contributed by atoms with van der Waals surface area (Å²) in [5.74, 6) is -2.75. The number of hydrogen-bond acceptors (Lipinski definition) is 1. The molecule has 0 aliphatic heterocycles. The van der Waals surface area contributed by atoms with Crippen LogP contribution in [-0.2, 0) is 5.54 Å². The molecule has 1 aliphatic rings. The fourth-order valence-electron chi connectivity index (χ4n) is 1.95. The summed E-state index contributed by atoms with van der Waals surface area (Å²) in [5.41, 5.74) is 5.65. The Hall–Kier alpha value is -1.42. The Labute approximate surface area is 85.1 Å². The molecule has 78 valence electrons. The number of halogens is 2. The number of rotatable bonds is 1. The molecule has 1 aliphatic carbocycles. The number of alkyl halides is 2. The van der Waals surface area contributed by atoms with E-state index in [-0.39, 0.29) is 6.42 Å². The third kappa shape index (κ3) is 1.05. The van der Waals surface area contributed by atoms with E-state index in [1.54, 1.807) is 24.4 Å². The number of nitrogens with two attached hydrogens (primary N) is 1. The number of aromatic nitrogens is 1. The fraction of sp³-hybridized carbons (Fsp3) is 0.273. The molecular formula is C11H10F2N2. The van der Waals surface area contributed by atoms with E-state index in [2.05, 4.69) is 4.98 Å². The van der Waals surface area contributed by atoms with Crippen molar-refractivity contribution in [3.8, 4) is 0 Å². The SMILES string of the molecule is NC1(c2ccc3[nH]ccc3c2)CC1(F)F. The summed E-state index contributed by atoms with van der Waals surface area (Å²) in [4.78, 5) is 3.01. The maximum absolute atomic E-state index is 13.1. The number of benzene rings is 1. The quantitative estimate of drug-likeness (QED) is 0.742. The van der Waals surface area contributed by atoms with Crippen LogP contribution in [0.25, 0.3) is 10.9 Å². The minimum atomic E-state index is -2.75. The molecule has 1 heterocycles. The van der Waals surface area contributed by atoms with Gasteiger partial charge in [-0.05, 0) is 29.1 Å². The van der Waals surface area contributed by atoms with Gasteiger partial charge in [0.05, 0.1) is 0 Å². The van der Waals surface area contributed by atoms with Crippen LogP contribution in [0.2, 0.25) is 0 Å². The largest absolute Gasteiger partial charge is 0.361 e. The second-order valence-electron chi connectivity index (χ2n) is 4.13. The van der Waals surface area contributed by atoms with Crippen molar-refractivity contribution in [3.05, 3.63) is 36.0 Å². The number of H-pyrrole nitrogens is 1. The van der Waals surface area contributed by atoms with Crippen LogP contribution in [0.1, 0.15) is 12.0 Å². The maximum Gasteiger partial charge on any atom is 0.272 e. The lowest BCUT2D eigenvalue weighted by Gasteiger charge is -2.10. The number of hydrogen-bond donors (Lipinski definition) is 2. The van der Waals surface area contributed by atoms with Gasteiger partial charge < -0.3 is 10.7 Å². The molecule has 15 heavy (non-hydrogen) atoms. The van der Waals surface area contributed by atoms with E-state index in [9.17, 15) is 8.78 Å². The molecule has 3 N–H and O–H groups in total. The van der Waals surface area contributed by atoms with Gasteiger partial charge in [-0.15, -0.1) is 0 Å². The molecule has 0 spiro atoms. The summed E-state index contributed by atoms with van der Waals surface area (Å²) in [5, 5.41) is 0.917. The first-order valence-electron chi connectivity index (χ1n) is 4.77. The molecule has 1 aromatic carbocycles. The standard InChI is InChI=1S/C11H10F2N2/c12-11(13)6-10(11,14)8-1-2-9-7(5-8)3-4-15-9/h1-5,15H,6,14H2. The van der Waals surface area contributed by atoms with E-state index in [0.717, 1.165) is 10.9 Å². The van der Waals surface area contributed by atoms with E-state index in [0.29, 0.717) is 5.56 Å². The summed E-state index contributed by atoms with van der Waals surface area (Å²) in [6, 6.07) is 7.03. The number of nitrogens with one attached hydrogen (secondary N) is 1. The van der Waals surface area contributed by atoms with Gasteiger partial charge in [0, 0.05) is 18.1 Å². The first-order valence-corrected chi connectivity index (χ1v) is 4.77. The molecule has 1 unspecified atom stereocenters. The Morgan fingerprint density at radius 1 is 1.27 bits per heavy atom. The number of fused-ring (bicyclic) bond motifs is 1. The molecular weight excluding hydrogens is 198 g/mol. The van der Waals surface area contributed by atoms with Gasteiger partial charge in [0.25, 0.3) is 5.92 Å². The Morgan fingerprint density at radius 2 is 2.00 bits per heavy atom. The number of aromatic amines is 1. The van der Waals surface area contributed by atoms with Crippen molar-refractivity contribution in [2.75, 3.05) is 0 Å². The first-order chi connectivity index (χ1) is 7.03. The van der Waals surface area contributed by atoms with Crippen LogP contribution < -0.4 is 5.73 Å². The summed E-state index contributed by atoms with van der Waals surface area (Å²) in [7, 11) is 0. The molecule has 0 amide bonds. The zero-order valence-corrected chi connectivity index (χ0v) is 7.93. The molecule has 1 fully saturated rings. The van der Waals surface area contributed by atoms with Crippen molar-refractivity contribution in [3.63, 3.8) is 0 Å². The van der Waals surface area contributed by atoms with Crippen LogP contribution in [0.15, 0.2) is 30.5 Å². The van der Waals surface area contributed by atoms with Gasteiger partial charge in [-0.25, -0.2) is 8.78 Å². The minimum Gasteiger partial charge on any atom is -0.361 e. The van der Waals surface area contributed by atoms with Gasteiger partial charge in [-0.3, -0.25) is 0 Å². The van der Waals surface area contributed by atoms with Crippen LogP contribution in [0.3, 0.4) is 0 Å². The highest BCUT2D eigenvalue weighted by Gasteiger charge is 2.69. The molecule has 0 radical (unpaired) electrons. The molecule has 1 saturated carbocycles. The average Bonchev–Trinajstić information content (AvgIpc) is 2.61. The van der Waals surface area contributed by atoms with Gasteiger partial charge in [-0.2, -0.15) is 0 Å². The minimum absolute atomic E-state index is 0.254. The van der Waals surface area contributed by atoms with E-state index in [4.69, 9.17) is 5.73 Å². The van der Waals surface area contributed by atoms with Crippen molar-refractivity contribution in [1.29, 1.82) is 0 Å². The van der Waals surface area contributed by atoms with Gasteiger partial charge in [0.1, 0.15) is 5.54 Å².